The Morgan fingerprint density at radius 1 is 1.05 bits per heavy atom. The van der Waals surface area contributed by atoms with Crippen LogP contribution in [0.5, 0.6) is 0 Å². The van der Waals surface area contributed by atoms with Crippen molar-refractivity contribution in [3.8, 4) is 0 Å². The number of nitrogens with one attached hydrogen (secondary N) is 1. The van der Waals surface area contributed by atoms with Crippen molar-refractivity contribution in [2.75, 3.05) is 0 Å². The third-order valence-corrected chi connectivity index (χ3v) is 3.64. The average Bonchev–Trinajstić information content (AvgIpc) is 2.26. The van der Waals surface area contributed by atoms with Crippen molar-refractivity contribution in [2.24, 2.45) is 0 Å². The van der Waals surface area contributed by atoms with E-state index in [1.165, 1.54) is 17.3 Å². The molecule has 1 amide bonds. The van der Waals surface area contributed by atoms with Gasteiger partial charge in [-0.15, -0.1) is 0 Å². The first-order valence-electron chi connectivity index (χ1n) is 6.79. The van der Waals surface area contributed by atoms with Crippen LogP contribution in [0.2, 0.25) is 0 Å². The van der Waals surface area contributed by atoms with Gasteiger partial charge in [-0.2, -0.15) is 0 Å². The van der Waals surface area contributed by atoms with Crippen LogP contribution < -0.4 is 5.32 Å². The second-order valence-corrected chi connectivity index (χ2v) is 8.17. The van der Waals surface area contributed by atoms with Gasteiger partial charge < -0.3 is 5.32 Å². The van der Waals surface area contributed by atoms with Crippen molar-refractivity contribution in [1.82, 2.24) is 5.32 Å². The molecule has 0 fully saturated rings. The van der Waals surface area contributed by atoms with Crippen LogP contribution in [-0.2, 0) is 10.2 Å². The molecule has 20 heavy (non-hydrogen) atoms. The number of benzene rings is 1. The molecular formula is C17H25NOS. The lowest BCUT2D eigenvalue weighted by atomic mass is 9.87. The van der Waals surface area contributed by atoms with Crippen LogP contribution in [0.1, 0.15) is 47.1 Å². The Bertz CT molecular complexity index is 489. The molecule has 1 aromatic rings. The second-order valence-electron chi connectivity index (χ2n) is 7.00. The number of hydrogen-bond acceptors (Lipinski definition) is 2. The zero-order valence-corrected chi connectivity index (χ0v) is 14.1. The van der Waals surface area contributed by atoms with Crippen molar-refractivity contribution in [3.63, 3.8) is 0 Å². The Kier molecular flexibility index (Phi) is 5.09. The minimum Gasteiger partial charge on any atom is -0.347 e. The first-order valence-corrected chi connectivity index (χ1v) is 7.60. The lowest BCUT2D eigenvalue weighted by Gasteiger charge is -2.21. The van der Waals surface area contributed by atoms with Gasteiger partial charge in [0.05, 0.1) is 4.91 Å². The maximum absolute atomic E-state index is 12.0. The molecule has 2 nitrogen and oxygen atoms in total. The number of amides is 1. The molecule has 1 aromatic carbocycles. The van der Waals surface area contributed by atoms with Crippen molar-refractivity contribution in [2.45, 2.75) is 57.4 Å². The summed E-state index contributed by atoms with van der Waals surface area (Å²) in [7, 11) is 0. The highest BCUT2D eigenvalue weighted by molar-refractivity contribution is 8.04. The summed E-state index contributed by atoms with van der Waals surface area (Å²) in [5, 5.41) is 2.92. The summed E-state index contributed by atoms with van der Waals surface area (Å²) in [6, 6.07) is 8.30. The molecule has 0 atom stereocenters. The van der Waals surface area contributed by atoms with E-state index in [-0.39, 0.29) is 16.9 Å². The van der Waals surface area contributed by atoms with Gasteiger partial charge in [-0.1, -0.05) is 51.2 Å². The summed E-state index contributed by atoms with van der Waals surface area (Å²) in [5.41, 5.74) is 1.19. The molecule has 110 valence electrons. The zero-order chi connectivity index (χ0) is 15.6. The molecule has 0 bridgehead atoms. The largest absolute Gasteiger partial charge is 0.347 e. The van der Waals surface area contributed by atoms with Crippen molar-refractivity contribution < 1.29 is 4.79 Å². The van der Waals surface area contributed by atoms with Crippen LogP contribution in [0, 0.1) is 0 Å². The lowest BCUT2D eigenvalue weighted by molar-refractivity contribution is -0.118. The highest BCUT2D eigenvalue weighted by Crippen LogP contribution is 2.29. The van der Waals surface area contributed by atoms with Crippen molar-refractivity contribution in [3.05, 3.63) is 41.3 Å². The molecule has 0 aliphatic rings. The molecule has 0 saturated heterocycles. The standard InChI is InChI=1S/C17H25NOS/c1-12(15(19)18-17(5,6)7)20-14-10-8-13(9-11-14)16(2,3)4/h8-11H,1H2,2-7H3,(H,18,19). The number of carbonyl (C=O) groups is 1. The molecule has 0 aliphatic heterocycles. The lowest BCUT2D eigenvalue weighted by Crippen LogP contribution is -2.40. The van der Waals surface area contributed by atoms with Gasteiger partial charge in [0.15, 0.2) is 0 Å². The molecule has 3 heteroatoms. The minimum atomic E-state index is -0.239. The van der Waals surface area contributed by atoms with Gasteiger partial charge in [0.2, 0.25) is 0 Å². The predicted molar refractivity (Wildman–Crippen MR) is 88.0 cm³/mol. The van der Waals surface area contributed by atoms with Crippen LogP contribution in [0.15, 0.2) is 40.6 Å². The molecular weight excluding hydrogens is 266 g/mol. The van der Waals surface area contributed by atoms with Crippen molar-refractivity contribution in [1.29, 1.82) is 0 Å². The van der Waals surface area contributed by atoms with Gasteiger partial charge in [0.25, 0.3) is 5.91 Å². The van der Waals surface area contributed by atoms with Crippen LogP contribution in [0.4, 0.5) is 0 Å². The SMILES string of the molecule is C=C(Sc1ccc(C(C)(C)C)cc1)C(=O)NC(C)(C)C. The van der Waals surface area contributed by atoms with Gasteiger partial charge in [-0.05, 0) is 43.9 Å². The van der Waals surface area contributed by atoms with Crippen LogP contribution in [0.3, 0.4) is 0 Å². The Balaban J connectivity index is 2.70. The van der Waals surface area contributed by atoms with E-state index in [9.17, 15) is 4.79 Å². The summed E-state index contributed by atoms with van der Waals surface area (Å²) in [6.45, 7) is 16.3. The van der Waals surface area contributed by atoms with E-state index in [1.807, 2.05) is 32.9 Å². The maximum atomic E-state index is 12.0. The molecule has 1 rings (SSSR count). The number of carbonyl (C=O) groups excluding carboxylic acids is 1. The third-order valence-electron chi connectivity index (χ3n) is 2.70. The molecule has 0 unspecified atom stereocenters. The van der Waals surface area contributed by atoms with E-state index in [0.29, 0.717) is 4.91 Å². The van der Waals surface area contributed by atoms with E-state index >= 15 is 0 Å². The van der Waals surface area contributed by atoms with Crippen molar-refractivity contribution >= 4 is 17.7 Å². The fourth-order valence-electron chi connectivity index (χ4n) is 1.62. The van der Waals surface area contributed by atoms with Crippen LogP contribution >= 0.6 is 11.8 Å². The fourth-order valence-corrected chi connectivity index (χ4v) is 2.32. The fraction of sp³-hybridized carbons (Fsp3) is 0.471. The average molecular weight is 291 g/mol. The second kappa shape index (κ2) is 6.04. The topological polar surface area (TPSA) is 29.1 Å². The third kappa shape index (κ3) is 5.41. The Hall–Kier alpha value is -1.22. The Morgan fingerprint density at radius 2 is 1.55 bits per heavy atom. The first kappa shape index (κ1) is 16.8. The van der Waals surface area contributed by atoms with E-state index in [0.717, 1.165) is 4.90 Å². The highest BCUT2D eigenvalue weighted by atomic mass is 32.2. The Morgan fingerprint density at radius 3 is 1.95 bits per heavy atom. The van der Waals surface area contributed by atoms with Gasteiger partial charge in [-0.25, -0.2) is 0 Å². The molecule has 0 heterocycles. The number of thioether (sulfide) groups is 1. The Labute approximate surface area is 127 Å². The van der Waals surface area contributed by atoms with Gasteiger partial charge in [0.1, 0.15) is 0 Å². The predicted octanol–water partition coefficient (Wildman–Crippen LogP) is 4.50. The van der Waals surface area contributed by atoms with E-state index in [2.05, 4.69) is 44.8 Å². The zero-order valence-electron chi connectivity index (χ0n) is 13.3. The normalized spacial score (nSPS) is 12.1. The molecule has 0 aromatic heterocycles. The highest BCUT2D eigenvalue weighted by Gasteiger charge is 2.17. The molecule has 0 spiro atoms. The van der Waals surface area contributed by atoms with E-state index in [1.54, 1.807) is 0 Å². The van der Waals surface area contributed by atoms with Gasteiger partial charge in [-0.3, -0.25) is 4.79 Å². The number of hydrogen-bond donors (Lipinski definition) is 1. The summed E-state index contributed by atoms with van der Waals surface area (Å²) in [6.07, 6.45) is 0. The molecule has 0 saturated carbocycles. The van der Waals surface area contributed by atoms with Gasteiger partial charge in [0, 0.05) is 10.4 Å². The molecule has 1 N–H and O–H groups in total. The van der Waals surface area contributed by atoms with Crippen LogP contribution in [0.25, 0.3) is 0 Å². The van der Waals surface area contributed by atoms with Crippen LogP contribution in [-0.4, -0.2) is 11.4 Å². The smallest absolute Gasteiger partial charge is 0.257 e. The first-order chi connectivity index (χ1) is 8.99. The quantitative estimate of drug-likeness (QED) is 0.656. The summed E-state index contributed by atoms with van der Waals surface area (Å²) < 4.78 is 0. The summed E-state index contributed by atoms with van der Waals surface area (Å²) in [4.78, 5) is 13.5. The van der Waals surface area contributed by atoms with E-state index < -0.39 is 0 Å². The minimum absolute atomic E-state index is 0.109. The molecule has 0 radical (unpaired) electrons. The maximum Gasteiger partial charge on any atom is 0.257 e. The monoisotopic (exact) mass is 291 g/mol. The number of rotatable bonds is 3. The molecule has 0 aliphatic carbocycles. The van der Waals surface area contributed by atoms with Gasteiger partial charge >= 0.3 is 0 Å². The summed E-state index contributed by atoms with van der Waals surface area (Å²) in [5.74, 6) is -0.109. The summed E-state index contributed by atoms with van der Waals surface area (Å²) >= 11 is 1.41. The van der Waals surface area contributed by atoms with E-state index in [4.69, 9.17) is 0 Å².